The Morgan fingerprint density at radius 1 is 0.950 bits per heavy atom. The number of fused-ring (bicyclic) bond motifs is 3. The first-order chi connectivity index (χ1) is 9.66. The Labute approximate surface area is 121 Å². The van der Waals surface area contributed by atoms with Crippen molar-refractivity contribution in [1.82, 2.24) is 0 Å². The van der Waals surface area contributed by atoms with E-state index >= 15 is 0 Å². The van der Waals surface area contributed by atoms with Crippen molar-refractivity contribution in [2.45, 2.75) is 44.6 Å². The van der Waals surface area contributed by atoms with Crippen molar-refractivity contribution in [3.8, 4) is 11.1 Å². The van der Waals surface area contributed by atoms with Gasteiger partial charge < -0.3 is 5.11 Å². The number of rotatable bonds is 4. The molecule has 1 nitrogen and oxygen atoms in total. The van der Waals surface area contributed by atoms with Crippen LogP contribution in [0.4, 0.5) is 0 Å². The molecule has 0 amide bonds. The van der Waals surface area contributed by atoms with E-state index in [4.69, 9.17) is 0 Å². The zero-order valence-electron chi connectivity index (χ0n) is 12.3. The maximum absolute atomic E-state index is 9.93. The van der Waals surface area contributed by atoms with Gasteiger partial charge in [0.05, 0.1) is 6.10 Å². The molecule has 1 unspecified atom stereocenters. The number of hydrogen-bond donors (Lipinski definition) is 1. The van der Waals surface area contributed by atoms with Crippen molar-refractivity contribution >= 4 is 0 Å². The Hall–Kier alpha value is -1.60. The van der Waals surface area contributed by atoms with Gasteiger partial charge in [0.2, 0.25) is 0 Å². The molecule has 0 aromatic heterocycles. The molecular weight excluding hydrogens is 244 g/mol. The minimum Gasteiger partial charge on any atom is -0.393 e. The van der Waals surface area contributed by atoms with E-state index in [2.05, 4.69) is 55.5 Å². The molecule has 104 valence electrons. The van der Waals surface area contributed by atoms with Gasteiger partial charge >= 0.3 is 0 Å². The van der Waals surface area contributed by atoms with Crippen LogP contribution >= 0.6 is 0 Å². The fourth-order valence-corrected chi connectivity index (χ4v) is 3.47. The predicted molar refractivity (Wildman–Crippen MR) is 83.9 cm³/mol. The molecule has 3 rings (SSSR count). The summed E-state index contributed by atoms with van der Waals surface area (Å²) in [4.78, 5) is 0. The highest BCUT2D eigenvalue weighted by Gasteiger charge is 2.38. The van der Waals surface area contributed by atoms with Gasteiger partial charge in [-0.05, 0) is 41.5 Å². The average molecular weight is 266 g/mol. The fourth-order valence-electron chi connectivity index (χ4n) is 3.47. The predicted octanol–water partition coefficient (Wildman–Crippen LogP) is 4.52. The highest BCUT2D eigenvalue weighted by Crippen LogP contribution is 2.50. The van der Waals surface area contributed by atoms with Crippen molar-refractivity contribution in [3.05, 3.63) is 59.7 Å². The quantitative estimate of drug-likeness (QED) is 0.862. The lowest BCUT2D eigenvalue weighted by Crippen LogP contribution is -2.23. The summed E-state index contributed by atoms with van der Waals surface area (Å²) in [6, 6.07) is 17.4. The fraction of sp³-hybridized carbons (Fsp3) is 0.368. The normalized spacial score (nSPS) is 16.6. The van der Waals surface area contributed by atoms with Crippen LogP contribution in [0.5, 0.6) is 0 Å². The van der Waals surface area contributed by atoms with Crippen molar-refractivity contribution in [1.29, 1.82) is 0 Å². The molecule has 1 heteroatoms. The Kier molecular flexibility index (Phi) is 3.39. The molecule has 0 radical (unpaired) electrons. The summed E-state index contributed by atoms with van der Waals surface area (Å²) in [6.45, 7) is 4.36. The van der Waals surface area contributed by atoms with Crippen LogP contribution in [0.2, 0.25) is 0 Å². The van der Waals surface area contributed by atoms with Gasteiger partial charge in [-0.1, -0.05) is 62.4 Å². The molecule has 0 fully saturated rings. The lowest BCUT2D eigenvalue weighted by Gasteiger charge is -2.28. The summed E-state index contributed by atoms with van der Waals surface area (Å²) >= 11 is 0. The molecule has 2 aromatic rings. The van der Waals surface area contributed by atoms with Gasteiger partial charge in [0.15, 0.2) is 0 Å². The third-order valence-electron chi connectivity index (χ3n) is 4.78. The van der Waals surface area contributed by atoms with Crippen molar-refractivity contribution in [2.24, 2.45) is 0 Å². The molecule has 0 saturated heterocycles. The summed E-state index contributed by atoms with van der Waals surface area (Å²) in [5.74, 6) is 0. The van der Waals surface area contributed by atoms with E-state index in [-0.39, 0.29) is 11.5 Å². The second-order valence-electron chi connectivity index (χ2n) is 6.02. The van der Waals surface area contributed by atoms with Gasteiger partial charge in [0.25, 0.3) is 0 Å². The van der Waals surface area contributed by atoms with Crippen molar-refractivity contribution in [2.75, 3.05) is 0 Å². The van der Waals surface area contributed by atoms with Crippen LogP contribution in [0.15, 0.2) is 48.5 Å². The van der Waals surface area contributed by atoms with Gasteiger partial charge in [0, 0.05) is 5.41 Å². The lowest BCUT2D eigenvalue weighted by molar-refractivity contribution is 0.151. The van der Waals surface area contributed by atoms with E-state index in [1.807, 2.05) is 6.92 Å². The molecule has 0 aliphatic heterocycles. The molecule has 2 aromatic carbocycles. The highest BCUT2D eigenvalue weighted by molar-refractivity contribution is 5.80. The molecule has 1 aliphatic rings. The SMILES string of the molecule is CCC(O)CCC1(C)c2ccccc2-c2ccccc21. The summed E-state index contributed by atoms with van der Waals surface area (Å²) in [5.41, 5.74) is 5.56. The zero-order valence-corrected chi connectivity index (χ0v) is 12.3. The zero-order chi connectivity index (χ0) is 14.2. The number of benzene rings is 2. The maximum atomic E-state index is 9.93. The van der Waals surface area contributed by atoms with E-state index in [0.717, 1.165) is 19.3 Å². The summed E-state index contributed by atoms with van der Waals surface area (Å²) in [6.07, 6.45) is 2.50. The van der Waals surface area contributed by atoms with Crippen molar-refractivity contribution in [3.63, 3.8) is 0 Å². The van der Waals surface area contributed by atoms with E-state index in [1.165, 1.54) is 22.3 Å². The van der Waals surface area contributed by atoms with E-state index < -0.39 is 0 Å². The molecule has 1 N–H and O–H groups in total. The molecule has 1 atom stereocenters. The van der Waals surface area contributed by atoms with E-state index in [1.54, 1.807) is 0 Å². The van der Waals surface area contributed by atoms with Crippen LogP contribution in [0.3, 0.4) is 0 Å². The first kappa shape index (κ1) is 13.4. The third kappa shape index (κ3) is 1.97. The molecule has 1 aliphatic carbocycles. The van der Waals surface area contributed by atoms with Gasteiger partial charge in [-0.3, -0.25) is 0 Å². The van der Waals surface area contributed by atoms with Crippen LogP contribution in [0.25, 0.3) is 11.1 Å². The van der Waals surface area contributed by atoms with E-state index in [9.17, 15) is 5.11 Å². The molecule has 0 heterocycles. The number of aliphatic hydroxyl groups excluding tert-OH is 1. The smallest absolute Gasteiger partial charge is 0.0538 e. The largest absolute Gasteiger partial charge is 0.393 e. The Bertz CT molecular complexity index is 569. The minimum atomic E-state index is -0.188. The van der Waals surface area contributed by atoms with Crippen LogP contribution in [0.1, 0.15) is 44.2 Å². The highest BCUT2D eigenvalue weighted by atomic mass is 16.3. The minimum absolute atomic E-state index is 0.0311. The van der Waals surface area contributed by atoms with Crippen LogP contribution in [-0.4, -0.2) is 11.2 Å². The van der Waals surface area contributed by atoms with E-state index in [0.29, 0.717) is 0 Å². The van der Waals surface area contributed by atoms with Crippen molar-refractivity contribution < 1.29 is 5.11 Å². The van der Waals surface area contributed by atoms with Crippen LogP contribution < -0.4 is 0 Å². The Morgan fingerprint density at radius 3 is 1.95 bits per heavy atom. The van der Waals surface area contributed by atoms with Crippen LogP contribution in [0, 0.1) is 0 Å². The van der Waals surface area contributed by atoms with Gasteiger partial charge in [-0.15, -0.1) is 0 Å². The molecule has 0 saturated carbocycles. The van der Waals surface area contributed by atoms with Gasteiger partial charge in [0.1, 0.15) is 0 Å². The summed E-state index contributed by atoms with van der Waals surface area (Å²) in [7, 11) is 0. The monoisotopic (exact) mass is 266 g/mol. The lowest BCUT2D eigenvalue weighted by atomic mass is 9.76. The third-order valence-corrected chi connectivity index (χ3v) is 4.78. The molecular formula is C19H22O. The second kappa shape index (κ2) is 5.06. The Balaban J connectivity index is 2.06. The first-order valence-corrected chi connectivity index (χ1v) is 7.54. The molecule has 0 spiro atoms. The van der Waals surface area contributed by atoms with Gasteiger partial charge in [-0.25, -0.2) is 0 Å². The first-order valence-electron chi connectivity index (χ1n) is 7.54. The summed E-state index contributed by atoms with van der Waals surface area (Å²) < 4.78 is 0. The molecule has 0 bridgehead atoms. The second-order valence-corrected chi connectivity index (χ2v) is 6.02. The van der Waals surface area contributed by atoms with Gasteiger partial charge in [-0.2, -0.15) is 0 Å². The van der Waals surface area contributed by atoms with Crippen LogP contribution in [-0.2, 0) is 5.41 Å². The Morgan fingerprint density at radius 2 is 1.45 bits per heavy atom. The topological polar surface area (TPSA) is 20.2 Å². The average Bonchev–Trinajstić information content (AvgIpc) is 2.76. The summed E-state index contributed by atoms with van der Waals surface area (Å²) in [5, 5.41) is 9.93. The standard InChI is InChI=1S/C19H22O/c1-3-14(20)12-13-19(2)17-10-6-4-8-15(17)16-9-5-7-11-18(16)19/h4-11,14,20H,3,12-13H2,1-2H3. The number of aliphatic hydroxyl groups is 1. The number of hydrogen-bond acceptors (Lipinski definition) is 1. The molecule has 20 heavy (non-hydrogen) atoms. The maximum Gasteiger partial charge on any atom is 0.0538 e.